The molecule has 0 bridgehead atoms. The topological polar surface area (TPSA) is 38.1 Å². The second-order valence-electron chi connectivity index (χ2n) is 9.24. The molecule has 4 heteroatoms. The highest BCUT2D eigenvalue weighted by Crippen LogP contribution is 2.37. The fourth-order valence-electron chi connectivity index (χ4n) is 5.33. The van der Waals surface area contributed by atoms with Crippen LogP contribution in [-0.4, -0.2) is 27.1 Å². The van der Waals surface area contributed by atoms with Crippen LogP contribution in [0.5, 0.6) is 0 Å². The van der Waals surface area contributed by atoms with Crippen molar-refractivity contribution in [1.29, 1.82) is 0 Å². The number of carbonyl (C=O) groups excluding carboxylic acids is 1. The molecule has 0 spiro atoms. The number of benzene rings is 3. The minimum Gasteiger partial charge on any atom is -0.331 e. The molecular weight excluding hydrogens is 430 g/mol. The lowest BCUT2D eigenvalue weighted by atomic mass is 9.88. The standard InChI is InChI=1S/C31H33N3O/c1-3-5-20-28-26-19-13-12-14-23(26)21-22-33(28)31(35)29-27(4-2)34(25-17-10-7-11-18-25)32-30(29)24-15-8-6-9-16-24/h6-19,28H,3-5,20-22H2,1-2H3. The maximum absolute atomic E-state index is 14.5. The monoisotopic (exact) mass is 463 g/mol. The van der Waals surface area contributed by atoms with Crippen LogP contribution >= 0.6 is 0 Å². The van der Waals surface area contributed by atoms with E-state index in [2.05, 4.69) is 55.1 Å². The maximum Gasteiger partial charge on any atom is 0.258 e. The van der Waals surface area contributed by atoms with Crippen LogP contribution in [0.25, 0.3) is 16.9 Å². The van der Waals surface area contributed by atoms with E-state index < -0.39 is 0 Å². The van der Waals surface area contributed by atoms with Gasteiger partial charge >= 0.3 is 0 Å². The number of carbonyl (C=O) groups is 1. The molecule has 4 aromatic rings. The second-order valence-corrected chi connectivity index (χ2v) is 9.24. The average Bonchev–Trinajstić information content (AvgIpc) is 3.32. The van der Waals surface area contributed by atoms with E-state index >= 15 is 0 Å². The van der Waals surface area contributed by atoms with Crippen molar-refractivity contribution < 1.29 is 4.79 Å². The molecule has 0 saturated carbocycles. The molecule has 3 aromatic carbocycles. The zero-order valence-corrected chi connectivity index (χ0v) is 20.7. The van der Waals surface area contributed by atoms with E-state index in [0.717, 1.165) is 66.9 Å². The van der Waals surface area contributed by atoms with Crippen molar-refractivity contribution in [2.24, 2.45) is 0 Å². The van der Waals surface area contributed by atoms with Crippen LogP contribution in [0.15, 0.2) is 84.9 Å². The van der Waals surface area contributed by atoms with Crippen molar-refractivity contribution in [2.45, 2.75) is 52.0 Å². The van der Waals surface area contributed by atoms with Gasteiger partial charge in [0.1, 0.15) is 5.69 Å². The van der Waals surface area contributed by atoms with E-state index in [9.17, 15) is 4.79 Å². The smallest absolute Gasteiger partial charge is 0.258 e. The fourth-order valence-corrected chi connectivity index (χ4v) is 5.33. The minimum absolute atomic E-state index is 0.0958. The Bertz CT molecular complexity index is 1290. The highest BCUT2D eigenvalue weighted by atomic mass is 16.2. The zero-order chi connectivity index (χ0) is 24.2. The van der Waals surface area contributed by atoms with Crippen molar-refractivity contribution in [2.75, 3.05) is 6.54 Å². The molecule has 5 rings (SSSR count). The number of unbranched alkanes of at least 4 members (excludes halogenated alkanes) is 1. The zero-order valence-electron chi connectivity index (χ0n) is 20.7. The van der Waals surface area contributed by atoms with Crippen molar-refractivity contribution in [3.8, 4) is 16.9 Å². The molecule has 1 amide bonds. The summed E-state index contributed by atoms with van der Waals surface area (Å²) in [6.45, 7) is 5.06. The van der Waals surface area contributed by atoms with E-state index in [0.29, 0.717) is 0 Å². The molecule has 1 aromatic heterocycles. The number of aromatic nitrogens is 2. The first-order valence-corrected chi connectivity index (χ1v) is 12.8. The summed E-state index contributed by atoms with van der Waals surface area (Å²) in [5, 5.41) is 5.04. The Hall–Kier alpha value is -3.66. The summed E-state index contributed by atoms with van der Waals surface area (Å²) in [5.41, 5.74) is 7.10. The largest absolute Gasteiger partial charge is 0.331 e. The summed E-state index contributed by atoms with van der Waals surface area (Å²) < 4.78 is 1.97. The van der Waals surface area contributed by atoms with E-state index in [1.807, 2.05) is 53.2 Å². The first-order valence-electron chi connectivity index (χ1n) is 12.8. The van der Waals surface area contributed by atoms with Gasteiger partial charge in [-0.25, -0.2) is 4.68 Å². The lowest BCUT2D eigenvalue weighted by Crippen LogP contribution is -2.40. The number of rotatable bonds is 7. The van der Waals surface area contributed by atoms with E-state index in [1.165, 1.54) is 11.1 Å². The van der Waals surface area contributed by atoms with Crippen LogP contribution in [0.4, 0.5) is 0 Å². The van der Waals surface area contributed by atoms with Gasteiger partial charge in [0.15, 0.2) is 0 Å². The van der Waals surface area contributed by atoms with Gasteiger partial charge in [-0.15, -0.1) is 0 Å². The summed E-state index contributed by atoms with van der Waals surface area (Å²) >= 11 is 0. The number of hydrogen-bond donors (Lipinski definition) is 0. The summed E-state index contributed by atoms with van der Waals surface area (Å²) in [4.78, 5) is 16.6. The molecule has 1 atom stereocenters. The molecule has 35 heavy (non-hydrogen) atoms. The summed E-state index contributed by atoms with van der Waals surface area (Å²) in [7, 11) is 0. The molecule has 0 radical (unpaired) electrons. The maximum atomic E-state index is 14.5. The Morgan fingerprint density at radius 2 is 1.60 bits per heavy atom. The molecule has 0 aliphatic carbocycles. The van der Waals surface area contributed by atoms with Crippen LogP contribution in [0.3, 0.4) is 0 Å². The van der Waals surface area contributed by atoms with Gasteiger partial charge in [0, 0.05) is 12.1 Å². The molecule has 0 saturated heterocycles. The quantitative estimate of drug-likeness (QED) is 0.295. The Kier molecular flexibility index (Phi) is 6.80. The second kappa shape index (κ2) is 10.3. The Labute approximate surface area is 208 Å². The van der Waals surface area contributed by atoms with Crippen LogP contribution in [0, 0.1) is 0 Å². The normalized spacial score (nSPS) is 15.1. The van der Waals surface area contributed by atoms with Crippen LogP contribution in [-0.2, 0) is 12.8 Å². The molecule has 1 aliphatic rings. The third-order valence-electron chi connectivity index (χ3n) is 7.08. The molecular formula is C31H33N3O. The molecule has 0 fully saturated rings. The third-order valence-corrected chi connectivity index (χ3v) is 7.08. The summed E-state index contributed by atoms with van der Waals surface area (Å²) in [6, 6.07) is 29.0. The summed E-state index contributed by atoms with van der Waals surface area (Å²) in [5.74, 6) is 0.0958. The van der Waals surface area contributed by atoms with Crippen molar-refractivity contribution >= 4 is 5.91 Å². The lowest BCUT2D eigenvalue weighted by Gasteiger charge is -2.38. The van der Waals surface area contributed by atoms with E-state index in [-0.39, 0.29) is 11.9 Å². The first-order chi connectivity index (χ1) is 17.2. The highest BCUT2D eigenvalue weighted by Gasteiger charge is 2.35. The van der Waals surface area contributed by atoms with Gasteiger partial charge in [-0.3, -0.25) is 4.79 Å². The number of hydrogen-bond acceptors (Lipinski definition) is 2. The molecule has 4 nitrogen and oxygen atoms in total. The van der Waals surface area contributed by atoms with E-state index in [1.54, 1.807) is 0 Å². The number of nitrogens with zero attached hydrogens (tertiary/aromatic N) is 3. The van der Waals surface area contributed by atoms with Crippen LogP contribution in [0.1, 0.15) is 66.3 Å². The lowest BCUT2D eigenvalue weighted by molar-refractivity contribution is 0.0647. The Morgan fingerprint density at radius 3 is 2.31 bits per heavy atom. The Morgan fingerprint density at radius 1 is 0.914 bits per heavy atom. The number of amides is 1. The van der Waals surface area contributed by atoms with Gasteiger partial charge in [-0.1, -0.05) is 99.5 Å². The van der Waals surface area contributed by atoms with Crippen LogP contribution in [0.2, 0.25) is 0 Å². The van der Waals surface area contributed by atoms with E-state index in [4.69, 9.17) is 5.10 Å². The summed E-state index contributed by atoms with van der Waals surface area (Å²) in [6.07, 6.45) is 4.80. The predicted octanol–water partition coefficient (Wildman–Crippen LogP) is 7.03. The molecule has 1 unspecified atom stereocenters. The Balaban J connectivity index is 1.65. The predicted molar refractivity (Wildman–Crippen MR) is 142 cm³/mol. The molecule has 1 aliphatic heterocycles. The number of para-hydroxylation sites is 1. The minimum atomic E-state index is 0.0958. The van der Waals surface area contributed by atoms with Crippen molar-refractivity contribution in [1.82, 2.24) is 14.7 Å². The molecule has 178 valence electrons. The van der Waals surface area contributed by atoms with Crippen molar-refractivity contribution in [3.63, 3.8) is 0 Å². The van der Waals surface area contributed by atoms with Gasteiger partial charge in [0.2, 0.25) is 0 Å². The first kappa shape index (κ1) is 23.1. The average molecular weight is 464 g/mol. The van der Waals surface area contributed by atoms with Gasteiger partial charge in [-0.05, 0) is 42.5 Å². The van der Waals surface area contributed by atoms with Crippen molar-refractivity contribution in [3.05, 3.63) is 107 Å². The third kappa shape index (κ3) is 4.41. The number of fused-ring (bicyclic) bond motifs is 1. The highest BCUT2D eigenvalue weighted by molar-refractivity contribution is 6.01. The molecule has 2 heterocycles. The SMILES string of the molecule is CCCCC1c2ccccc2CCN1C(=O)c1c(-c2ccccc2)nn(-c2ccccc2)c1CC. The van der Waals surface area contributed by atoms with Gasteiger partial charge in [-0.2, -0.15) is 5.10 Å². The molecule has 0 N–H and O–H groups in total. The van der Waals surface area contributed by atoms with Gasteiger partial charge in [0.25, 0.3) is 5.91 Å². The fraction of sp³-hybridized carbons (Fsp3) is 0.290. The van der Waals surface area contributed by atoms with Gasteiger partial charge < -0.3 is 4.90 Å². The van der Waals surface area contributed by atoms with Gasteiger partial charge in [0.05, 0.1) is 23.0 Å². The van der Waals surface area contributed by atoms with Crippen LogP contribution < -0.4 is 0 Å².